The highest BCUT2D eigenvalue weighted by molar-refractivity contribution is 5.85. The van der Waals surface area contributed by atoms with Gasteiger partial charge in [0, 0.05) is 58.2 Å². The molecule has 7 nitrogen and oxygen atoms in total. The molecule has 3 rings (SSSR count). The summed E-state index contributed by atoms with van der Waals surface area (Å²) in [7, 11) is 0. The van der Waals surface area contributed by atoms with Gasteiger partial charge in [0.05, 0.1) is 6.04 Å². The third kappa shape index (κ3) is 2.85. The van der Waals surface area contributed by atoms with Crippen LogP contribution in [-0.2, 0) is 9.59 Å². The van der Waals surface area contributed by atoms with Crippen molar-refractivity contribution in [1.29, 1.82) is 0 Å². The molecule has 0 radical (unpaired) electrons. The molecule has 3 heterocycles. The molecule has 0 aromatic rings. The standard InChI is InChI=1S/C15H27N5O2/c1-10(2)20-9-12-8-16-15(17-13(12)14(20)22)19-6-4-18(5-7-19)11(3)21/h10,12-13,15-17H,4-9H2,1-3H3. The van der Waals surface area contributed by atoms with Crippen LogP contribution in [0.25, 0.3) is 0 Å². The summed E-state index contributed by atoms with van der Waals surface area (Å²) in [6, 6.07) is 0.192. The van der Waals surface area contributed by atoms with Crippen molar-refractivity contribution in [3.63, 3.8) is 0 Å². The maximum atomic E-state index is 12.5. The molecule has 3 fully saturated rings. The van der Waals surface area contributed by atoms with Gasteiger partial charge in [-0.15, -0.1) is 0 Å². The zero-order valence-corrected chi connectivity index (χ0v) is 13.7. The van der Waals surface area contributed by atoms with E-state index in [0.29, 0.717) is 5.92 Å². The number of nitrogens with zero attached hydrogens (tertiary/aromatic N) is 3. The third-order valence-electron chi connectivity index (χ3n) is 5.11. The minimum absolute atomic E-state index is 0.0337. The maximum Gasteiger partial charge on any atom is 0.240 e. The lowest BCUT2D eigenvalue weighted by molar-refractivity contribution is -0.132. The van der Waals surface area contributed by atoms with Crippen molar-refractivity contribution < 1.29 is 9.59 Å². The van der Waals surface area contributed by atoms with Gasteiger partial charge in [0.25, 0.3) is 0 Å². The molecule has 3 aliphatic rings. The number of nitrogens with one attached hydrogen (secondary N) is 2. The SMILES string of the molecule is CC(=O)N1CCN(C2NCC3CN(C(C)C)C(=O)C3N2)CC1. The highest BCUT2D eigenvalue weighted by atomic mass is 16.2. The Hall–Kier alpha value is -1.18. The van der Waals surface area contributed by atoms with Crippen molar-refractivity contribution in [3.8, 4) is 0 Å². The number of rotatable bonds is 2. The van der Waals surface area contributed by atoms with Crippen molar-refractivity contribution in [2.75, 3.05) is 39.3 Å². The molecule has 0 saturated carbocycles. The van der Waals surface area contributed by atoms with Gasteiger partial charge in [-0.1, -0.05) is 0 Å². The summed E-state index contributed by atoms with van der Waals surface area (Å²) in [4.78, 5) is 30.1. The molecule has 0 aromatic heterocycles. The molecule has 3 saturated heterocycles. The first-order valence-electron chi connectivity index (χ1n) is 8.27. The van der Waals surface area contributed by atoms with E-state index in [0.717, 1.165) is 39.3 Å². The predicted octanol–water partition coefficient (Wildman–Crippen LogP) is -1.14. The van der Waals surface area contributed by atoms with Crippen LogP contribution >= 0.6 is 0 Å². The fourth-order valence-electron chi connectivity index (χ4n) is 3.70. The van der Waals surface area contributed by atoms with Crippen molar-refractivity contribution in [3.05, 3.63) is 0 Å². The summed E-state index contributed by atoms with van der Waals surface area (Å²) in [6.45, 7) is 10.7. The molecule has 3 aliphatic heterocycles. The van der Waals surface area contributed by atoms with Gasteiger partial charge >= 0.3 is 0 Å². The second-order valence-corrected chi connectivity index (χ2v) is 6.84. The number of likely N-dealkylation sites (tertiary alicyclic amines) is 1. The molecule has 0 bridgehead atoms. The first kappa shape index (κ1) is 15.7. The normalized spacial score (nSPS) is 33.5. The van der Waals surface area contributed by atoms with Gasteiger partial charge in [0.1, 0.15) is 6.29 Å². The van der Waals surface area contributed by atoms with Crippen molar-refractivity contribution >= 4 is 11.8 Å². The van der Waals surface area contributed by atoms with Crippen LogP contribution in [-0.4, -0.2) is 84.2 Å². The highest BCUT2D eigenvalue weighted by Gasteiger charge is 2.45. The minimum atomic E-state index is -0.0699. The summed E-state index contributed by atoms with van der Waals surface area (Å²) < 4.78 is 0. The summed E-state index contributed by atoms with van der Waals surface area (Å²) in [5, 5.41) is 7.00. The van der Waals surface area contributed by atoms with Gasteiger partial charge in [0.2, 0.25) is 11.8 Å². The number of hydrogen-bond donors (Lipinski definition) is 2. The molecule has 0 spiro atoms. The Kier molecular flexibility index (Phi) is 4.38. The van der Waals surface area contributed by atoms with Crippen molar-refractivity contribution in [2.24, 2.45) is 5.92 Å². The molecular weight excluding hydrogens is 282 g/mol. The lowest BCUT2D eigenvalue weighted by atomic mass is 10.0. The minimum Gasteiger partial charge on any atom is -0.340 e. The molecule has 124 valence electrons. The molecule has 7 heteroatoms. The molecule has 0 aromatic carbocycles. The third-order valence-corrected chi connectivity index (χ3v) is 5.11. The van der Waals surface area contributed by atoms with E-state index < -0.39 is 0 Å². The number of carbonyl (C=O) groups is 2. The summed E-state index contributed by atoms with van der Waals surface area (Å²) in [5.74, 6) is 0.723. The van der Waals surface area contributed by atoms with Crippen molar-refractivity contribution in [2.45, 2.75) is 39.1 Å². The van der Waals surface area contributed by atoms with Crippen LogP contribution in [0.15, 0.2) is 0 Å². The largest absolute Gasteiger partial charge is 0.340 e. The van der Waals surface area contributed by atoms with Gasteiger partial charge in [0.15, 0.2) is 0 Å². The average Bonchev–Trinajstić information content (AvgIpc) is 2.84. The second kappa shape index (κ2) is 6.14. The zero-order valence-electron chi connectivity index (χ0n) is 13.7. The molecule has 3 unspecified atom stereocenters. The Balaban J connectivity index is 1.58. The number of amides is 2. The van der Waals surface area contributed by atoms with Crippen LogP contribution in [0, 0.1) is 5.92 Å². The second-order valence-electron chi connectivity index (χ2n) is 6.84. The van der Waals surface area contributed by atoms with E-state index in [-0.39, 0.29) is 30.2 Å². The van der Waals surface area contributed by atoms with Crippen LogP contribution in [0.4, 0.5) is 0 Å². The summed E-state index contributed by atoms with van der Waals surface area (Å²) >= 11 is 0. The number of carbonyl (C=O) groups excluding carboxylic acids is 2. The van der Waals surface area contributed by atoms with Crippen LogP contribution in [0.2, 0.25) is 0 Å². The molecule has 22 heavy (non-hydrogen) atoms. The van der Waals surface area contributed by atoms with E-state index in [1.54, 1.807) is 6.92 Å². The molecular formula is C15H27N5O2. The average molecular weight is 309 g/mol. The first-order valence-corrected chi connectivity index (χ1v) is 8.27. The fourth-order valence-corrected chi connectivity index (χ4v) is 3.70. The van der Waals surface area contributed by atoms with Crippen LogP contribution in [0.5, 0.6) is 0 Å². The molecule has 3 atom stereocenters. The topological polar surface area (TPSA) is 67.9 Å². The Labute approximate surface area is 132 Å². The van der Waals surface area contributed by atoms with E-state index in [2.05, 4.69) is 29.4 Å². The number of hydrogen-bond acceptors (Lipinski definition) is 5. The molecule has 2 amide bonds. The zero-order chi connectivity index (χ0) is 15.9. The van der Waals surface area contributed by atoms with Crippen LogP contribution in [0.1, 0.15) is 20.8 Å². The van der Waals surface area contributed by atoms with Gasteiger partial charge in [-0.25, -0.2) is 0 Å². The highest BCUT2D eigenvalue weighted by Crippen LogP contribution is 2.23. The number of fused-ring (bicyclic) bond motifs is 1. The van der Waals surface area contributed by atoms with Gasteiger partial charge in [-0.2, -0.15) is 0 Å². The quantitative estimate of drug-likeness (QED) is 0.675. The Bertz CT molecular complexity index is 447. The van der Waals surface area contributed by atoms with Gasteiger partial charge in [-0.3, -0.25) is 25.1 Å². The summed E-state index contributed by atoms with van der Waals surface area (Å²) in [5.41, 5.74) is 0. The van der Waals surface area contributed by atoms with Gasteiger partial charge in [-0.05, 0) is 13.8 Å². The van der Waals surface area contributed by atoms with E-state index in [1.165, 1.54) is 0 Å². The van der Waals surface area contributed by atoms with E-state index in [9.17, 15) is 9.59 Å². The Morgan fingerprint density at radius 1 is 1.23 bits per heavy atom. The smallest absolute Gasteiger partial charge is 0.240 e. The summed E-state index contributed by atoms with van der Waals surface area (Å²) in [6.07, 6.45) is 0.0337. The predicted molar refractivity (Wildman–Crippen MR) is 82.9 cm³/mol. The Morgan fingerprint density at radius 2 is 1.91 bits per heavy atom. The maximum absolute atomic E-state index is 12.5. The van der Waals surface area contributed by atoms with Gasteiger partial charge < -0.3 is 9.80 Å². The number of piperazine rings is 1. The van der Waals surface area contributed by atoms with Crippen LogP contribution in [0.3, 0.4) is 0 Å². The van der Waals surface area contributed by atoms with Crippen LogP contribution < -0.4 is 10.6 Å². The van der Waals surface area contributed by atoms with E-state index >= 15 is 0 Å². The lowest BCUT2D eigenvalue weighted by Crippen LogP contribution is -2.68. The fraction of sp³-hybridized carbons (Fsp3) is 0.867. The Morgan fingerprint density at radius 3 is 2.50 bits per heavy atom. The molecule has 2 N–H and O–H groups in total. The molecule has 0 aliphatic carbocycles. The van der Waals surface area contributed by atoms with E-state index in [1.807, 2.05) is 9.80 Å². The lowest BCUT2D eigenvalue weighted by Gasteiger charge is -2.43. The van der Waals surface area contributed by atoms with Crippen molar-refractivity contribution in [1.82, 2.24) is 25.3 Å². The van der Waals surface area contributed by atoms with E-state index in [4.69, 9.17) is 0 Å². The monoisotopic (exact) mass is 309 g/mol. The first-order chi connectivity index (χ1) is 10.5.